The molecular formula is C24H25NO3S. The lowest BCUT2D eigenvalue weighted by molar-refractivity contribution is 0.0724. The molecule has 0 aliphatic carbocycles. The third-order valence-electron chi connectivity index (χ3n) is 5.46. The molecule has 0 bridgehead atoms. The lowest BCUT2D eigenvalue weighted by atomic mass is 10.1. The molecule has 0 unspecified atom stereocenters. The van der Waals surface area contributed by atoms with Crippen molar-refractivity contribution in [3.63, 3.8) is 0 Å². The average molecular weight is 408 g/mol. The van der Waals surface area contributed by atoms with E-state index < -0.39 is 9.84 Å². The number of amides is 1. The zero-order chi connectivity index (χ0) is 20.3. The van der Waals surface area contributed by atoms with Crippen LogP contribution in [0.25, 0.3) is 10.8 Å². The van der Waals surface area contributed by atoms with E-state index in [1.807, 2.05) is 47.4 Å². The Morgan fingerprint density at radius 3 is 2.38 bits per heavy atom. The predicted molar refractivity (Wildman–Crippen MR) is 116 cm³/mol. The summed E-state index contributed by atoms with van der Waals surface area (Å²) in [5.41, 5.74) is 2.04. The number of fused-ring (bicyclic) bond motifs is 1. The fourth-order valence-electron chi connectivity index (χ4n) is 4.03. The summed E-state index contributed by atoms with van der Waals surface area (Å²) in [4.78, 5) is 14.6. The Morgan fingerprint density at radius 1 is 0.828 bits per heavy atom. The van der Waals surface area contributed by atoms with Gasteiger partial charge in [-0.15, -0.1) is 0 Å². The number of likely N-dealkylation sites (tertiary alicyclic amines) is 1. The van der Waals surface area contributed by atoms with Crippen LogP contribution in [0.4, 0.5) is 0 Å². The van der Waals surface area contributed by atoms with Crippen molar-refractivity contribution in [1.29, 1.82) is 0 Å². The molecule has 0 spiro atoms. The quantitative estimate of drug-likeness (QED) is 0.622. The summed E-state index contributed by atoms with van der Waals surface area (Å²) in [6, 6.07) is 20.6. The minimum atomic E-state index is -3.37. The van der Waals surface area contributed by atoms with Crippen molar-refractivity contribution in [1.82, 2.24) is 4.90 Å². The standard InChI is InChI=1S/C24H25NO3S/c26-24(25-14-4-1-5-15-25)21-11-6-8-19(16-21)17-29(27,28)18-22-12-7-10-20-9-2-3-13-23(20)22/h2-3,6-13,16H,1,4-5,14-15,17-18H2. The van der Waals surface area contributed by atoms with Gasteiger partial charge in [-0.1, -0.05) is 54.6 Å². The second-order valence-corrected chi connectivity index (χ2v) is 9.79. The number of carbonyl (C=O) groups excluding carboxylic acids is 1. The highest BCUT2D eigenvalue weighted by atomic mass is 32.2. The number of benzene rings is 3. The molecule has 1 aliphatic heterocycles. The Labute approximate surface area is 172 Å². The number of nitrogens with zero attached hydrogens (tertiary/aromatic N) is 1. The van der Waals surface area contributed by atoms with Crippen LogP contribution in [0.5, 0.6) is 0 Å². The number of rotatable bonds is 5. The molecule has 1 heterocycles. The van der Waals surface area contributed by atoms with Crippen LogP contribution >= 0.6 is 0 Å². The Kier molecular flexibility index (Phi) is 5.67. The maximum absolute atomic E-state index is 12.9. The third kappa shape index (κ3) is 4.67. The molecule has 0 atom stereocenters. The van der Waals surface area contributed by atoms with Crippen LogP contribution in [0.1, 0.15) is 40.7 Å². The Bertz CT molecular complexity index is 1130. The van der Waals surface area contributed by atoms with Gasteiger partial charge in [-0.25, -0.2) is 8.42 Å². The van der Waals surface area contributed by atoms with Crippen molar-refractivity contribution in [2.45, 2.75) is 30.8 Å². The molecule has 1 fully saturated rings. The number of carbonyl (C=O) groups is 1. The molecular weight excluding hydrogens is 382 g/mol. The molecule has 3 aromatic rings. The second kappa shape index (κ2) is 8.37. The van der Waals surface area contributed by atoms with Crippen LogP contribution in [0.15, 0.2) is 66.7 Å². The van der Waals surface area contributed by atoms with Crippen molar-refractivity contribution in [2.75, 3.05) is 13.1 Å². The molecule has 29 heavy (non-hydrogen) atoms. The predicted octanol–water partition coefficient (Wildman–Crippen LogP) is 4.58. The fraction of sp³-hybridized carbons (Fsp3) is 0.292. The van der Waals surface area contributed by atoms with Crippen molar-refractivity contribution < 1.29 is 13.2 Å². The maximum Gasteiger partial charge on any atom is 0.253 e. The highest BCUT2D eigenvalue weighted by molar-refractivity contribution is 7.89. The normalized spacial score (nSPS) is 14.8. The van der Waals surface area contributed by atoms with Crippen LogP contribution < -0.4 is 0 Å². The molecule has 150 valence electrons. The van der Waals surface area contributed by atoms with E-state index in [1.54, 1.807) is 24.3 Å². The van der Waals surface area contributed by atoms with E-state index in [-0.39, 0.29) is 17.4 Å². The topological polar surface area (TPSA) is 54.5 Å². The zero-order valence-corrected chi connectivity index (χ0v) is 17.2. The first-order chi connectivity index (χ1) is 14.0. The molecule has 0 radical (unpaired) electrons. The highest BCUT2D eigenvalue weighted by Gasteiger charge is 2.20. The highest BCUT2D eigenvalue weighted by Crippen LogP contribution is 2.22. The number of hydrogen-bond acceptors (Lipinski definition) is 3. The smallest absolute Gasteiger partial charge is 0.253 e. The molecule has 5 heteroatoms. The van der Waals surface area contributed by atoms with E-state index in [9.17, 15) is 13.2 Å². The van der Waals surface area contributed by atoms with Gasteiger partial charge in [0.1, 0.15) is 0 Å². The zero-order valence-electron chi connectivity index (χ0n) is 16.4. The average Bonchev–Trinajstić information content (AvgIpc) is 2.74. The van der Waals surface area contributed by atoms with Gasteiger partial charge >= 0.3 is 0 Å². The Hall–Kier alpha value is -2.66. The lowest BCUT2D eigenvalue weighted by Crippen LogP contribution is -2.35. The summed E-state index contributed by atoms with van der Waals surface area (Å²) in [6.07, 6.45) is 3.23. The van der Waals surface area contributed by atoms with Crippen LogP contribution in [-0.4, -0.2) is 32.3 Å². The van der Waals surface area contributed by atoms with Gasteiger partial charge in [0.2, 0.25) is 0 Å². The van der Waals surface area contributed by atoms with Crippen molar-refractivity contribution in [3.05, 3.63) is 83.4 Å². The maximum atomic E-state index is 12.9. The molecule has 3 aromatic carbocycles. The van der Waals surface area contributed by atoms with Crippen molar-refractivity contribution in [2.24, 2.45) is 0 Å². The lowest BCUT2D eigenvalue weighted by Gasteiger charge is -2.26. The molecule has 0 aromatic heterocycles. The number of hydrogen-bond donors (Lipinski definition) is 0. The van der Waals surface area contributed by atoms with Gasteiger partial charge in [-0.05, 0) is 53.3 Å². The fourth-order valence-corrected chi connectivity index (χ4v) is 5.55. The second-order valence-electron chi connectivity index (χ2n) is 7.72. The summed E-state index contributed by atoms with van der Waals surface area (Å²) in [5, 5.41) is 2.00. The van der Waals surface area contributed by atoms with Gasteiger partial charge in [0, 0.05) is 18.7 Å². The van der Waals surface area contributed by atoms with Gasteiger partial charge in [0.05, 0.1) is 11.5 Å². The summed E-state index contributed by atoms with van der Waals surface area (Å²) in [7, 11) is -3.37. The van der Waals surface area contributed by atoms with E-state index in [0.29, 0.717) is 11.1 Å². The first kappa shape index (κ1) is 19.6. The van der Waals surface area contributed by atoms with Gasteiger partial charge in [0.25, 0.3) is 5.91 Å². The van der Waals surface area contributed by atoms with Gasteiger partial charge in [0.15, 0.2) is 9.84 Å². The first-order valence-electron chi connectivity index (χ1n) is 10.1. The summed E-state index contributed by atoms with van der Waals surface area (Å²) >= 11 is 0. The van der Waals surface area contributed by atoms with Gasteiger partial charge in [-0.2, -0.15) is 0 Å². The Morgan fingerprint density at radius 2 is 1.55 bits per heavy atom. The summed E-state index contributed by atoms with van der Waals surface area (Å²) in [6.45, 7) is 1.56. The molecule has 4 rings (SSSR count). The SMILES string of the molecule is O=C(c1cccc(CS(=O)(=O)Cc2cccc3ccccc23)c1)N1CCCCC1. The van der Waals surface area contributed by atoms with E-state index in [1.165, 1.54) is 0 Å². The van der Waals surface area contributed by atoms with Crippen molar-refractivity contribution in [3.8, 4) is 0 Å². The minimum Gasteiger partial charge on any atom is -0.339 e. The van der Waals surface area contributed by atoms with E-state index in [4.69, 9.17) is 0 Å². The Balaban J connectivity index is 1.53. The van der Waals surface area contributed by atoms with Gasteiger partial charge in [-0.3, -0.25) is 4.79 Å². The van der Waals surface area contributed by atoms with Crippen LogP contribution in [0, 0.1) is 0 Å². The minimum absolute atomic E-state index is 0.00185. The monoisotopic (exact) mass is 407 g/mol. The summed E-state index contributed by atoms with van der Waals surface area (Å²) in [5.74, 6) is -0.0892. The summed E-state index contributed by atoms with van der Waals surface area (Å²) < 4.78 is 25.8. The molecule has 4 nitrogen and oxygen atoms in total. The molecule has 0 saturated carbocycles. The van der Waals surface area contributed by atoms with E-state index in [2.05, 4.69) is 0 Å². The van der Waals surface area contributed by atoms with Crippen molar-refractivity contribution >= 4 is 26.5 Å². The van der Waals surface area contributed by atoms with Crippen LogP contribution in [0.3, 0.4) is 0 Å². The first-order valence-corrected chi connectivity index (χ1v) is 11.9. The molecule has 1 saturated heterocycles. The number of piperidine rings is 1. The van der Waals surface area contributed by atoms with Crippen LogP contribution in [0.2, 0.25) is 0 Å². The van der Waals surface area contributed by atoms with Crippen LogP contribution in [-0.2, 0) is 21.3 Å². The molecule has 1 aliphatic rings. The molecule has 0 N–H and O–H groups in total. The third-order valence-corrected chi connectivity index (χ3v) is 6.98. The number of sulfone groups is 1. The van der Waals surface area contributed by atoms with Gasteiger partial charge < -0.3 is 4.90 Å². The van der Waals surface area contributed by atoms with E-state index >= 15 is 0 Å². The largest absolute Gasteiger partial charge is 0.339 e. The van der Waals surface area contributed by atoms with E-state index in [0.717, 1.165) is 48.7 Å². The molecule has 1 amide bonds.